The van der Waals surface area contributed by atoms with Gasteiger partial charge in [0.25, 0.3) is 0 Å². The van der Waals surface area contributed by atoms with Crippen molar-refractivity contribution >= 4 is 35.9 Å². The number of likely N-dealkylation sites (N-methyl/N-ethyl adjacent to an activating group) is 1. The van der Waals surface area contributed by atoms with Crippen molar-refractivity contribution in [3.8, 4) is 0 Å². The highest BCUT2D eigenvalue weighted by molar-refractivity contribution is 5.73. The zero-order valence-electron chi connectivity index (χ0n) is 41.3. The van der Waals surface area contributed by atoms with E-state index in [4.69, 9.17) is 28.4 Å². The van der Waals surface area contributed by atoms with Gasteiger partial charge in [-0.15, -0.1) is 0 Å². The molecule has 15 heteroatoms. The van der Waals surface area contributed by atoms with Gasteiger partial charge in [-0.1, -0.05) is 117 Å². The summed E-state index contributed by atoms with van der Waals surface area (Å²) in [5.74, 6) is -3.79. The molecule has 0 spiro atoms. The van der Waals surface area contributed by atoms with E-state index in [1.165, 1.54) is 11.3 Å². The number of hydrogen-bond acceptors (Lipinski definition) is 14. The van der Waals surface area contributed by atoms with Gasteiger partial charge in [0, 0.05) is 44.2 Å². The highest BCUT2D eigenvalue weighted by Crippen LogP contribution is 2.20. The average Bonchev–Trinajstić information content (AvgIpc) is 3.63. The standard InChI is InChI=1S/C51H88N2O13/c1-5-8-11-14-17-20-26-46(55)61-38-41(37-54)32-49(58)64-44-29-30-45(36-53(35-44)51(60)66-43-25-23-24-31-52(4)34-43)65-50(59)33-42(39-62-47(56)27-21-18-15-12-9-6-2)40-63-48(57)28-22-19-16-13-10-7-3/h29-30,41-45,54H,5-28,31-40H2,1-4H3/t41?,43?,44-,45-/m0/s1. The molecule has 2 unspecified atom stereocenters. The van der Waals surface area contributed by atoms with Crippen molar-refractivity contribution in [2.75, 3.05) is 59.7 Å². The molecule has 4 atom stereocenters. The second kappa shape index (κ2) is 37.3. The van der Waals surface area contributed by atoms with Gasteiger partial charge < -0.3 is 43.3 Å². The molecule has 0 radical (unpaired) electrons. The Balaban J connectivity index is 2.10. The van der Waals surface area contributed by atoms with Gasteiger partial charge in [-0.05, 0) is 64.3 Å². The number of likely N-dealkylation sites (tertiary alicyclic amines) is 1. The molecule has 2 aliphatic rings. The Bertz CT molecular complexity index is 1360. The van der Waals surface area contributed by atoms with Crippen LogP contribution in [0.2, 0.25) is 0 Å². The zero-order valence-corrected chi connectivity index (χ0v) is 41.3. The van der Waals surface area contributed by atoms with E-state index in [1.54, 1.807) is 12.2 Å². The summed E-state index contributed by atoms with van der Waals surface area (Å²) in [4.78, 5) is 81.8. The van der Waals surface area contributed by atoms with Gasteiger partial charge in [0.05, 0.1) is 45.8 Å². The summed E-state index contributed by atoms with van der Waals surface area (Å²) < 4.78 is 34.2. The van der Waals surface area contributed by atoms with Gasteiger partial charge >= 0.3 is 35.9 Å². The minimum absolute atomic E-state index is 0.0829. The molecule has 1 N–H and O–H groups in total. The zero-order chi connectivity index (χ0) is 48.2. The lowest BCUT2D eigenvalue weighted by molar-refractivity contribution is -0.156. The molecule has 0 bridgehead atoms. The Hall–Kier alpha value is -3.72. The Morgan fingerprint density at radius 1 is 0.530 bits per heavy atom. The second-order valence-electron chi connectivity index (χ2n) is 18.5. The van der Waals surface area contributed by atoms with Crippen LogP contribution in [0, 0.1) is 11.8 Å². The number of carbonyl (C=O) groups excluding carboxylic acids is 6. The molecule has 0 aliphatic carbocycles. The lowest BCUT2D eigenvalue weighted by Crippen LogP contribution is -2.44. The summed E-state index contributed by atoms with van der Waals surface area (Å²) in [5, 5.41) is 10.00. The van der Waals surface area contributed by atoms with E-state index >= 15 is 0 Å². The third kappa shape index (κ3) is 29.1. The first-order valence-corrected chi connectivity index (χ1v) is 25.7. The SMILES string of the molecule is CCCCCCCCC(=O)OCC(CO)CC(=O)O[C@H]1C=C[C@H](OC(=O)CC(COC(=O)CCCCCCCC)COC(=O)CCCCCCCC)CN(C(=O)OC2CCCCN(C)C2)C1. The first-order valence-electron chi connectivity index (χ1n) is 25.7. The number of carbonyl (C=O) groups is 6. The Labute approximate surface area is 396 Å². The molecule has 0 aromatic heterocycles. The molecule has 2 rings (SSSR count). The Kier molecular flexibility index (Phi) is 33.0. The van der Waals surface area contributed by atoms with Crippen LogP contribution in [-0.2, 0) is 52.4 Å². The van der Waals surface area contributed by atoms with Crippen LogP contribution in [0.3, 0.4) is 0 Å². The molecule has 1 amide bonds. The number of esters is 5. The fourth-order valence-electron chi connectivity index (χ4n) is 8.02. The maximum Gasteiger partial charge on any atom is 0.410 e. The summed E-state index contributed by atoms with van der Waals surface area (Å²) in [5.41, 5.74) is 0. The third-order valence-electron chi connectivity index (χ3n) is 12.1. The van der Waals surface area contributed by atoms with Crippen LogP contribution in [0.1, 0.15) is 188 Å². The van der Waals surface area contributed by atoms with Crippen LogP contribution in [0.4, 0.5) is 4.79 Å². The van der Waals surface area contributed by atoms with Crippen molar-refractivity contribution in [1.29, 1.82) is 0 Å². The molecule has 0 aromatic carbocycles. The number of aliphatic hydroxyl groups excluding tert-OH is 1. The second-order valence-corrected chi connectivity index (χ2v) is 18.5. The van der Waals surface area contributed by atoms with Crippen molar-refractivity contribution in [2.24, 2.45) is 11.8 Å². The molecule has 380 valence electrons. The summed E-state index contributed by atoms with van der Waals surface area (Å²) in [6.45, 7) is 6.95. The molecule has 2 aliphatic heterocycles. The van der Waals surface area contributed by atoms with Gasteiger partial charge in [0.1, 0.15) is 18.3 Å². The number of rotatable bonds is 35. The van der Waals surface area contributed by atoms with Crippen LogP contribution in [-0.4, -0.2) is 129 Å². The predicted molar refractivity (Wildman–Crippen MR) is 252 cm³/mol. The summed E-state index contributed by atoms with van der Waals surface area (Å²) in [6, 6.07) is 0. The molecule has 0 aromatic rings. The summed E-state index contributed by atoms with van der Waals surface area (Å²) >= 11 is 0. The maximum atomic E-state index is 13.8. The number of hydrogen-bond donors (Lipinski definition) is 1. The fourth-order valence-corrected chi connectivity index (χ4v) is 8.02. The molecule has 0 saturated carbocycles. The monoisotopic (exact) mass is 937 g/mol. The molecule has 15 nitrogen and oxygen atoms in total. The minimum Gasteiger partial charge on any atom is -0.465 e. The van der Waals surface area contributed by atoms with Crippen molar-refractivity contribution in [2.45, 2.75) is 206 Å². The molecule has 66 heavy (non-hydrogen) atoms. The van der Waals surface area contributed by atoms with Crippen molar-refractivity contribution in [1.82, 2.24) is 9.80 Å². The van der Waals surface area contributed by atoms with Crippen molar-refractivity contribution < 1.29 is 62.3 Å². The number of aliphatic hydroxyl groups is 1. The number of ether oxygens (including phenoxy) is 6. The van der Waals surface area contributed by atoms with Crippen molar-refractivity contribution in [3.63, 3.8) is 0 Å². The van der Waals surface area contributed by atoms with Crippen molar-refractivity contribution in [3.05, 3.63) is 12.2 Å². The van der Waals surface area contributed by atoms with Crippen LogP contribution < -0.4 is 0 Å². The maximum absolute atomic E-state index is 13.8. The summed E-state index contributed by atoms with van der Waals surface area (Å²) in [7, 11) is 1.98. The molecule has 1 fully saturated rings. The molecule has 2 heterocycles. The molecular formula is C51H88N2O13. The highest BCUT2D eigenvalue weighted by atomic mass is 16.6. The highest BCUT2D eigenvalue weighted by Gasteiger charge is 2.32. The molecular weight excluding hydrogens is 849 g/mol. The topological polar surface area (TPSA) is 185 Å². The van der Waals surface area contributed by atoms with E-state index in [0.29, 0.717) is 25.8 Å². The Morgan fingerprint density at radius 3 is 1.38 bits per heavy atom. The largest absolute Gasteiger partial charge is 0.465 e. The number of unbranched alkanes of at least 4 members (excludes halogenated alkanes) is 15. The minimum atomic E-state index is -0.951. The average molecular weight is 937 g/mol. The smallest absolute Gasteiger partial charge is 0.410 e. The lowest BCUT2D eigenvalue weighted by Gasteiger charge is -2.28. The van der Waals surface area contributed by atoms with Gasteiger partial charge in [-0.3, -0.25) is 24.0 Å². The normalized spacial score (nSPS) is 18.2. The van der Waals surface area contributed by atoms with E-state index in [0.717, 1.165) is 116 Å². The van der Waals surface area contributed by atoms with Gasteiger partial charge in [-0.25, -0.2) is 4.79 Å². The first kappa shape index (κ1) is 58.4. The number of nitrogens with zero attached hydrogens (tertiary/aromatic N) is 2. The quantitative estimate of drug-likeness (QED) is 0.0274. The van der Waals surface area contributed by atoms with E-state index in [9.17, 15) is 33.9 Å². The van der Waals surface area contributed by atoms with E-state index in [1.807, 2.05) is 7.05 Å². The summed E-state index contributed by atoms with van der Waals surface area (Å²) in [6.07, 6.45) is 21.6. The van der Waals surface area contributed by atoms with Gasteiger partial charge in [0.15, 0.2) is 0 Å². The van der Waals surface area contributed by atoms with Crippen LogP contribution >= 0.6 is 0 Å². The van der Waals surface area contributed by atoms with Crippen LogP contribution in [0.25, 0.3) is 0 Å². The van der Waals surface area contributed by atoms with E-state index < -0.39 is 48.7 Å². The predicted octanol–water partition coefficient (Wildman–Crippen LogP) is 9.19. The lowest BCUT2D eigenvalue weighted by atomic mass is 10.1. The van der Waals surface area contributed by atoms with Gasteiger partial charge in [0.2, 0.25) is 0 Å². The van der Waals surface area contributed by atoms with E-state index in [2.05, 4.69) is 25.7 Å². The third-order valence-corrected chi connectivity index (χ3v) is 12.1. The number of amides is 1. The van der Waals surface area contributed by atoms with Gasteiger partial charge in [-0.2, -0.15) is 0 Å². The molecule has 1 saturated heterocycles. The first-order chi connectivity index (χ1) is 32.0. The van der Waals surface area contributed by atoms with E-state index in [-0.39, 0.29) is 89.0 Å². The van der Waals surface area contributed by atoms with Crippen LogP contribution in [0.5, 0.6) is 0 Å². The fraction of sp³-hybridized carbons (Fsp3) is 0.843. The Morgan fingerprint density at radius 2 is 0.939 bits per heavy atom. The van der Waals surface area contributed by atoms with Crippen LogP contribution in [0.15, 0.2) is 12.2 Å².